The van der Waals surface area contributed by atoms with Gasteiger partial charge in [0.25, 0.3) is 0 Å². The van der Waals surface area contributed by atoms with Crippen LogP contribution in [0.3, 0.4) is 0 Å². The summed E-state index contributed by atoms with van der Waals surface area (Å²) in [6.45, 7) is 4.91. The Balaban J connectivity index is 2.07. The maximum Gasteiger partial charge on any atom is 0.246 e. The first-order chi connectivity index (χ1) is 9.10. The van der Waals surface area contributed by atoms with E-state index in [1.165, 1.54) is 11.1 Å². The van der Waals surface area contributed by atoms with Gasteiger partial charge in [-0.25, -0.2) is 0 Å². The summed E-state index contributed by atoms with van der Waals surface area (Å²) in [6, 6.07) is 6.23. The van der Waals surface area contributed by atoms with Gasteiger partial charge in [-0.05, 0) is 38.3 Å². The number of aliphatic hydroxyl groups is 1. The van der Waals surface area contributed by atoms with Crippen molar-refractivity contribution in [1.29, 1.82) is 0 Å². The molecule has 19 heavy (non-hydrogen) atoms. The zero-order chi connectivity index (χ0) is 13.8. The largest absolute Gasteiger partial charge is 0.394 e. The smallest absolute Gasteiger partial charge is 0.246 e. The highest BCUT2D eigenvalue weighted by molar-refractivity contribution is 5.92. The first kappa shape index (κ1) is 13.8. The number of aliphatic hydroxyl groups excluding tert-OH is 1. The summed E-state index contributed by atoms with van der Waals surface area (Å²) in [5.41, 5.74) is 3.44. The number of rotatable bonds is 3. The first-order valence-corrected chi connectivity index (χ1v) is 6.78. The van der Waals surface area contributed by atoms with Crippen LogP contribution in [0.1, 0.15) is 29.5 Å². The molecule has 1 fully saturated rings. The Morgan fingerprint density at radius 1 is 1.37 bits per heavy atom. The number of carbonyl (C=O) groups is 1. The van der Waals surface area contributed by atoms with E-state index in [4.69, 9.17) is 0 Å². The summed E-state index contributed by atoms with van der Waals surface area (Å²) < 4.78 is 0. The van der Waals surface area contributed by atoms with Gasteiger partial charge >= 0.3 is 0 Å². The van der Waals surface area contributed by atoms with Crippen LogP contribution in [-0.2, 0) is 4.79 Å². The number of carbonyl (C=O) groups excluding carboxylic acids is 1. The molecule has 1 aromatic rings. The third kappa shape index (κ3) is 3.44. The minimum Gasteiger partial charge on any atom is -0.394 e. The van der Waals surface area contributed by atoms with E-state index >= 15 is 0 Å². The lowest BCUT2D eigenvalue weighted by atomic mass is 10.1. The normalized spacial score (nSPS) is 19.3. The van der Waals surface area contributed by atoms with Gasteiger partial charge in [0.05, 0.1) is 12.6 Å². The van der Waals surface area contributed by atoms with Gasteiger partial charge in [0, 0.05) is 12.6 Å². The molecule has 0 aromatic heterocycles. The highest BCUT2D eigenvalue weighted by Crippen LogP contribution is 2.17. The summed E-state index contributed by atoms with van der Waals surface area (Å²) >= 11 is 0. The van der Waals surface area contributed by atoms with Gasteiger partial charge in [0.1, 0.15) is 0 Å². The Kier molecular flexibility index (Phi) is 4.38. The molecule has 3 nitrogen and oxygen atoms in total. The molecular formula is C16H21NO2. The lowest BCUT2D eigenvalue weighted by molar-refractivity contribution is -0.127. The number of likely N-dealkylation sites (tertiary alicyclic amines) is 1. The SMILES string of the molecule is Cc1cc(C)cc(C=CC(=O)N2CCCC2CO)c1. The molecule has 0 saturated carbocycles. The molecule has 1 N–H and O–H groups in total. The van der Waals surface area contributed by atoms with Crippen LogP contribution in [0.5, 0.6) is 0 Å². The molecule has 2 rings (SSSR count). The molecule has 0 radical (unpaired) electrons. The predicted octanol–water partition coefficient (Wildman–Crippen LogP) is 2.30. The van der Waals surface area contributed by atoms with E-state index in [1.807, 2.05) is 6.08 Å². The third-order valence-electron chi connectivity index (χ3n) is 3.53. The summed E-state index contributed by atoms with van der Waals surface area (Å²) in [5.74, 6) is -0.00397. The Morgan fingerprint density at radius 2 is 2.05 bits per heavy atom. The van der Waals surface area contributed by atoms with Crippen molar-refractivity contribution in [3.8, 4) is 0 Å². The van der Waals surface area contributed by atoms with Gasteiger partial charge in [-0.2, -0.15) is 0 Å². The Hall–Kier alpha value is -1.61. The van der Waals surface area contributed by atoms with Crippen molar-refractivity contribution in [2.75, 3.05) is 13.2 Å². The molecule has 1 saturated heterocycles. The van der Waals surface area contributed by atoms with E-state index in [0.717, 1.165) is 24.9 Å². The fourth-order valence-corrected chi connectivity index (χ4v) is 2.69. The van der Waals surface area contributed by atoms with E-state index < -0.39 is 0 Å². The highest BCUT2D eigenvalue weighted by atomic mass is 16.3. The van der Waals surface area contributed by atoms with Gasteiger partial charge in [0.2, 0.25) is 5.91 Å². The monoisotopic (exact) mass is 259 g/mol. The minimum atomic E-state index is -0.00397. The van der Waals surface area contributed by atoms with E-state index in [1.54, 1.807) is 11.0 Å². The van der Waals surface area contributed by atoms with Crippen LogP contribution in [-0.4, -0.2) is 35.1 Å². The third-order valence-corrected chi connectivity index (χ3v) is 3.53. The van der Waals surface area contributed by atoms with Crippen molar-refractivity contribution in [3.63, 3.8) is 0 Å². The van der Waals surface area contributed by atoms with Crippen LogP contribution < -0.4 is 0 Å². The van der Waals surface area contributed by atoms with Crippen molar-refractivity contribution in [2.45, 2.75) is 32.7 Å². The van der Waals surface area contributed by atoms with Crippen LogP contribution in [0, 0.1) is 13.8 Å². The number of hydrogen-bond acceptors (Lipinski definition) is 2. The molecule has 1 heterocycles. The molecule has 0 aliphatic carbocycles. The summed E-state index contributed by atoms with van der Waals surface area (Å²) in [4.78, 5) is 13.8. The second-order valence-corrected chi connectivity index (χ2v) is 5.26. The van der Waals surface area contributed by atoms with Crippen LogP contribution >= 0.6 is 0 Å². The fraction of sp³-hybridized carbons (Fsp3) is 0.438. The fourth-order valence-electron chi connectivity index (χ4n) is 2.69. The summed E-state index contributed by atoms with van der Waals surface area (Å²) in [7, 11) is 0. The Morgan fingerprint density at radius 3 is 2.68 bits per heavy atom. The van der Waals surface area contributed by atoms with Crippen molar-refractivity contribution >= 4 is 12.0 Å². The van der Waals surface area contributed by atoms with Crippen molar-refractivity contribution < 1.29 is 9.90 Å². The average molecular weight is 259 g/mol. The molecule has 1 amide bonds. The Labute approximate surface area is 114 Å². The lowest BCUT2D eigenvalue weighted by Crippen LogP contribution is -2.36. The van der Waals surface area contributed by atoms with Crippen LogP contribution in [0.2, 0.25) is 0 Å². The number of hydrogen-bond donors (Lipinski definition) is 1. The highest BCUT2D eigenvalue weighted by Gasteiger charge is 2.26. The topological polar surface area (TPSA) is 40.5 Å². The number of aryl methyl sites for hydroxylation is 2. The van der Waals surface area contributed by atoms with E-state index in [-0.39, 0.29) is 18.6 Å². The second-order valence-electron chi connectivity index (χ2n) is 5.26. The zero-order valence-corrected chi connectivity index (χ0v) is 11.6. The lowest BCUT2D eigenvalue weighted by Gasteiger charge is -2.21. The van der Waals surface area contributed by atoms with Gasteiger partial charge in [-0.1, -0.05) is 29.3 Å². The summed E-state index contributed by atoms with van der Waals surface area (Å²) in [6.07, 6.45) is 5.35. The molecule has 1 atom stereocenters. The van der Waals surface area contributed by atoms with Crippen LogP contribution in [0.4, 0.5) is 0 Å². The van der Waals surface area contributed by atoms with Gasteiger partial charge in [-0.3, -0.25) is 4.79 Å². The molecule has 102 valence electrons. The van der Waals surface area contributed by atoms with Crippen molar-refractivity contribution in [2.24, 2.45) is 0 Å². The molecule has 0 bridgehead atoms. The number of nitrogens with zero attached hydrogens (tertiary/aromatic N) is 1. The quantitative estimate of drug-likeness (QED) is 0.846. The maximum atomic E-state index is 12.1. The Bertz CT molecular complexity index is 473. The molecule has 1 unspecified atom stereocenters. The molecular weight excluding hydrogens is 238 g/mol. The average Bonchev–Trinajstić information content (AvgIpc) is 2.83. The van der Waals surface area contributed by atoms with Gasteiger partial charge in [0.15, 0.2) is 0 Å². The van der Waals surface area contributed by atoms with E-state index in [0.29, 0.717) is 0 Å². The first-order valence-electron chi connectivity index (χ1n) is 6.78. The van der Waals surface area contributed by atoms with Crippen molar-refractivity contribution in [3.05, 3.63) is 41.0 Å². The molecule has 1 aliphatic rings. The molecule has 1 aliphatic heterocycles. The van der Waals surface area contributed by atoms with Crippen LogP contribution in [0.25, 0.3) is 6.08 Å². The summed E-state index contributed by atoms with van der Waals surface area (Å²) in [5, 5.41) is 9.23. The van der Waals surface area contributed by atoms with Crippen LogP contribution in [0.15, 0.2) is 24.3 Å². The maximum absolute atomic E-state index is 12.1. The van der Waals surface area contributed by atoms with E-state index in [2.05, 4.69) is 32.0 Å². The second kappa shape index (κ2) is 6.02. The van der Waals surface area contributed by atoms with E-state index in [9.17, 15) is 9.90 Å². The molecule has 3 heteroatoms. The molecule has 1 aromatic carbocycles. The number of benzene rings is 1. The van der Waals surface area contributed by atoms with Crippen molar-refractivity contribution in [1.82, 2.24) is 4.90 Å². The van der Waals surface area contributed by atoms with Gasteiger partial charge < -0.3 is 10.0 Å². The standard InChI is InChI=1S/C16H21NO2/c1-12-8-13(2)10-14(9-12)5-6-16(19)17-7-3-4-15(17)11-18/h5-6,8-10,15,18H,3-4,7,11H2,1-2H3. The molecule has 0 spiro atoms. The number of amides is 1. The zero-order valence-electron chi connectivity index (χ0n) is 11.6. The predicted molar refractivity (Wildman–Crippen MR) is 76.8 cm³/mol. The minimum absolute atomic E-state index is 0.00334. The van der Waals surface area contributed by atoms with Gasteiger partial charge in [-0.15, -0.1) is 0 Å².